The summed E-state index contributed by atoms with van der Waals surface area (Å²) in [6.45, 7) is 1.92. The number of nitrogens with one attached hydrogen (secondary N) is 1. The third-order valence-electron chi connectivity index (χ3n) is 5.62. The molecule has 29 heavy (non-hydrogen) atoms. The predicted molar refractivity (Wildman–Crippen MR) is 109 cm³/mol. The van der Waals surface area contributed by atoms with Crippen LogP contribution in [-0.4, -0.2) is 50.7 Å². The quantitative estimate of drug-likeness (QED) is 0.585. The molecule has 0 saturated carbocycles. The normalized spacial score (nSPS) is 18.0. The van der Waals surface area contributed by atoms with Crippen molar-refractivity contribution in [2.45, 2.75) is 24.9 Å². The van der Waals surface area contributed by atoms with Crippen molar-refractivity contribution in [1.82, 2.24) is 25.1 Å². The number of ether oxygens (including phenoxy) is 1. The highest BCUT2D eigenvalue weighted by Crippen LogP contribution is 2.46. The van der Waals surface area contributed by atoms with Gasteiger partial charge in [-0.25, -0.2) is 9.97 Å². The van der Waals surface area contributed by atoms with Crippen molar-refractivity contribution in [1.29, 1.82) is 0 Å². The van der Waals surface area contributed by atoms with Gasteiger partial charge in [0.25, 0.3) is 5.91 Å². The van der Waals surface area contributed by atoms with Crippen molar-refractivity contribution in [2.75, 3.05) is 31.2 Å². The van der Waals surface area contributed by atoms with Crippen LogP contribution in [-0.2, 0) is 16.8 Å². The lowest BCUT2D eigenvalue weighted by Gasteiger charge is -2.43. The summed E-state index contributed by atoms with van der Waals surface area (Å²) in [7, 11) is 0. The molecule has 3 aromatic heterocycles. The fourth-order valence-electron chi connectivity index (χ4n) is 4.11. The Kier molecular flexibility index (Phi) is 4.25. The van der Waals surface area contributed by atoms with Crippen LogP contribution in [0.3, 0.4) is 0 Å². The van der Waals surface area contributed by atoms with E-state index in [9.17, 15) is 4.79 Å². The zero-order chi connectivity index (χ0) is 20.0. The standard InChI is InChI=1S/C19H21N7O2S/c20-16-8-12(24-25-16)18(27)26-4-2-19(3-5-26)11-7-15(29-14(11)1-6-28-19)13-9-23-17(21)10-22-13/h7-10H,1-6H2,(H2,21,23)(H3,20,24,25). The maximum atomic E-state index is 12.7. The highest BCUT2D eigenvalue weighted by molar-refractivity contribution is 7.15. The van der Waals surface area contributed by atoms with Crippen LogP contribution in [0.4, 0.5) is 11.6 Å². The van der Waals surface area contributed by atoms with Crippen LogP contribution in [0.5, 0.6) is 0 Å². The number of thiophene rings is 1. The molecule has 5 rings (SSSR count). The van der Waals surface area contributed by atoms with Gasteiger partial charge in [0, 0.05) is 30.5 Å². The number of H-pyrrole nitrogens is 1. The predicted octanol–water partition coefficient (Wildman–Crippen LogP) is 1.80. The number of likely N-dealkylation sites (tertiary alicyclic amines) is 1. The molecule has 150 valence electrons. The lowest BCUT2D eigenvalue weighted by atomic mass is 9.82. The molecule has 0 aromatic carbocycles. The number of piperidine rings is 1. The molecule has 10 heteroatoms. The van der Waals surface area contributed by atoms with E-state index in [1.807, 2.05) is 4.90 Å². The maximum Gasteiger partial charge on any atom is 0.271 e. The Morgan fingerprint density at radius 3 is 2.69 bits per heavy atom. The van der Waals surface area contributed by atoms with E-state index in [0.29, 0.717) is 37.0 Å². The Morgan fingerprint density at radius 1 is 1.17 bits per heavy atom. The lowest BCUT2D eigenvalue weighted by Crippen LogP contribution is -2.48. The molecule has 2 aliphatic heterocycles. The van der Waals surface area contributed by atoms with Gasteiger partial charge in [-0.05, 0) is 24.5 Å². The number of hydrogen-bond donors (Lipinski definition) is 3. The summed E-state index contributed by atoms with van der Waals surface area (Å²) in [5, 5.41) is 6.54. The van der Waals surface area contributed by atoms with E-state index in [-0.39, 0.29) is 11.5 Å². The summed E-state index contributed by atoms with van der Waals surface area (Å²) in [4.78, 5) is 25.5. The third kappa shape index (κ3) is 3.14. The molecule has 3 aromatic rings. The number of amides is 1. The summed E-state index contributed by atoms with van der Waals surface area (Å²) < 4.78 is 6.31. The zero-order valence-corrected chi connectivity index (χ0v) is 16.5. The number of anilines is 2. The summed E-state index contributed by atoms with van der Waals surface area (Å²) >= 11 is 1.74. The molecule has 5 N–H and O–H groups in total. The second-order valence-corrected chi connectivity index (χ2v) is 8.50. The van der Waals surface area contributed by atoms with Gasteiger partial charge in [-0.3, -0.25) is 9.89 Å². The van der Waals surface area contributed by atoms with Gasteiger partial charge in [-0.2, -0.15) is 5.10 Å². The van der Waals surface area contributed by atoms with Crippen molar-refractivity contribution < 1.29 is 9.53 Å². The highest BCUT2D eigenvalue weighted by atomic mass is 32.1. The lowest BCUT2D eigenvalue weighted by molar-refractivity contribution is -0.0926. The topological polar surface area (TPSA) is 136 Å². The summed E-state index contributed by atoms with van der Waals surface area (Å²) in [6.07, 6.45) is 5.67. The van der Waals surface area contributed by atoms with Crippen molar-refractivity contribution in [2.24, 2.45) is 0 Å². The number of rotatable bonds is 2. The first kappa shape index (κ1) is 18.1. The van der Waals surface area contributed by atoms with Crippen LogP contribution < -0.4 is 11.5 Å². The van der Waals surface area contributed by atoms with Gasteiger partial charge in [0.05, 0.1) is 35.2 Å². The molecule has 0 bridgehead atoms. The van der Waals surface area contributed by atoms with E-state index in [0.717, 1.165) is 29.8 Å². The van der Waals surface area contributed by atoms with E-state index in [4.69, 9.17) is 16.2 Å². The molecule has 1 spiro atoms. The van der Waals surface area contributed by atoms with Crippen LogP contribution >= 0.6 is 11.3 Å². The Balaban J connectivity index is 1.38. The minimum Gasteiger partial charge on any atom is -0.382 e. The molecule has 1 fully saturated rings. The smallest absolute Gasteiger partial charge is 0.271 e. The number of hydrogen-bond acceptors (Lipinski definition) is 8. The molecule has 9 nitrogen and oxygen atoms in total. The van der Waals surface area contributed by atoms with Crippen molar-refractivity contribution in [3.8, 4) is 10.6 Å². The van der Waals surface area contributed by atoms with Crippen molar-refractivity contribution in [3.05, 3.63) is 40.7 Å². The molecule has 0 unspecified atom stereocenters. The zero-order valence-electron chi connectivity index (χ0n) is 15.7. The van der Waals surface area contributed by atoms with Crippen LogP contribution in [0.15, 0.2) is 24.5 Å². The van der Waals surface area contributed by atoms with E-state index >= 15 is 0 Å². The van der Waals surface area contributed by atoms with E-state index in [1.54, 1.807) is 29.8 Å². The number of fused-ring (bicyclic) bond motifs is 2. The van der Waals surface area contributed by atoms with Gasteiger partial charge in [0.2, 0.25) is 0 Å². The van der Waals surface area contributed by atoms with Gasteiger partial charge in [0.15, 0.2) is 0 Å². The first-order valence-corrected chi connectivity index (χ1v) is 10.3. The fourth-order valence-corrected chi connectivity index (χ4v) is 5.30. The minimum atomic E-state index is -0.354. The average Bonchev–Trinajstić information content (AvgIpc) is 3.36. The van der Waals surface area contributed by atoms with Gasteiger partial charge in [-0.1, -0.05) is 0 Å². The number of carbonyl (C=O) groups is 1. The van der Waals surface area contributed by atoms with Crippen LogP contribution in [0, 0.1) is 0 Å². The van der Waals surface area contributed by atoms with Crippen LogP contribution in [0.2, 0.25) is 0 Å². The number of nitrogen functional groups attached to an aromatic ring is 2. The van der Waals surface area contributed by atoms with Crippen LogP contribution in [0.25, 0.3) is 10.6 Å². The SMILES string of the molecule is Nc1cnc(-c2cc3c(s2)CCOC32CCN(C(=O)c3cc(N)n[nH]3)CC2)cn1. The number of aromatic nitrogens is 4. The first-order valence-electron chi connectivity index (χ1n) is 9.49. The number of nitrogens with zero attached hydrogens (tertiary/aromatic N) is 4. The summed E-state index contributed by atoms with van der Waals surface area (Å²) in [5.41, 5.74) is 13.4. The maximum absolute atomic E-state index is 12.7. The Morgan fingerprint density at radius 2 is 2.00 bits per heavy atom. The monoisotopic (exact) mass is 411 g/mol. The highest BCUT2D eigenvalue weighted by Gasteiger charge is 2.43. The number of aromatic amines is 1. The molecule has 0 atom stereocenters. The fraction of sp³-hybridized carbons (Fsp3) is 0.368. The molecule has 1 saturated heterocycles. The van der Waals surface area contributed by atoms with Gasteiger partial charge < -0.3 is 21.1 Å². The summed E-state index contributed by atoms with van der Waals surface area (Å²) in [6, 6.07) is 3.74. The van der Waals surface area contributed by atoms with Gasteiger partial charge in [-0.15, -0.1) is 11.3 Å². The molecule has 1 amide bonds. The average molecular weight is 411 g/mol. The minimum absolute atomic E-state index is 0.0803. The molecule has 0 radical (unpaired) electrons. The molecule has 0 aliphatic carbocycles. The van der Waals surface area contributed by atoms with Crippen molar-refractivity contribution in [3.63, 3.8) is 0 Å². The molecular weight excluding hydrogens is 390 g/mol. The Hall–Kier alpha value is -2.98. The van der Waals surface area contributed by atoms with E-state index in [1.165, 1.54) is 10.4 Å². The molecule has 5 heterocycles. The molecule has 2 aliphatic rings. The number of nitrogens with two attached hydrogens (primary N) is 2. The number of carbonyl (C=O) groups excluding carboxylic acids is 1. The van der Waals surface area contributed by atoms with Gasteiger partial charge >= 0.3 is 0 Å². The Labute approximate surface area is 171 Å². The largest absolute Gasteiger partial charge is 0.382 e. The van der Waals surface area contributed by atoms with E-state index in [2.05, 4.69) is 26.2 Å². The third-order valence-corrected chi connectivity index (χ3v) is 6.84. The second kappa shape index (κ2) is 6.82. The van der Waals surface area contributed by atoms with E-state index < -0.39 is 0 Å². The van der Waals surface area contributed by atoms with Gasteiger partial charge in [0.1, 0.15) is 17.3 Å². The molecular formula is C19H21N7O2S. The first-order chi connectivity index (χ1) is 14.0. The second-order valence-electron chi connectivity index (χ2n) is 7.37. The summed E-state index contributed by atoms with van der Waals surface area (Å²) in [5.74, 6) is 0.646. The van der Waals surface area contributed by atoms with Crippen molar-refractivity contribution >= 4 is 28.9 Å². The van der Waals surface area contributed by atoms with Crippen LogP contribution in [0.1, 0.15) is 33.8 Å². The Bertz CT molecular complexity index is 1050.